The van der Waals surface area contributed by atoms with Crippen LogP contribution in [0.25, 0.3) is 6.08 Å². The van der Waals surface area contributed by atoms with Crippen molar-refractivity contribution < 1.29 is 19.4 Å². The summed E-state index contributed by atoms with van der Waals surface area (Å²) in [5.41, 5.74) is -0.188. The molecular formula is C12H14O4. The average molecular weight is 222 g/mol. The Kier molecular flexibility index (Phi) is 2.59. The molecule has 4 heteroatoms. The minimum Gasteiger partial charge on any atom is -0.481 e. The van der Waals surface area contributed by atoms with Gasteiger partial charge in [0.25, 0.3) is 0 Å². The number of hydrogen-bond acceptors (Lipinski definition) is 3. The van der Waals surface area contributed by atoms with Crippen LogP contribution in [-0.4, -0.2) is 22.3 Å². The van der Waals surface area contributed by atoms with Gasteiger partial charge in [0.1, 0.15) is 5.76 Å². The van der Waals surface area contributed by atoms with Crippen molar-refractivity contribution in [3.8, 4) is 0 Å². The third-order valence-electron chi connectivity index (χ3n) is 3.23. The average Bonchev–Trinajstić information content (AvgIpc) is 2.64. The maximum Gasteiger partial charge on any atom is 0.313 e. The van der Waals surface area contributed by atoms with Gasteiger partial charge in [-0.15, -0.1) is 0 Å². The summed E-state index contributed by atoms with van der Waals surface area (Å²) in [7, 11) is 0. The van der Waals surface area contributed by atoms with E-state index in [9.17, 15) is 15.0 Å². The minimum atomic E-state index is -0.911. The van der Waals surface area contributed by atoms with Gasteiger partial charge in [-0.3, -0.25) is 4.79 Å². The monoisotopic (exact) mass is 222 g/mol. The molecule has 1 aromatic rings. The molecule has 0 amide bonds. The van der Waals surface area contributed by atoms with Crippen LogP contribution in [0.1, 0.15) is 25.5 Å². The second-order valence-corrected chi connectivity index (χ2v) is 4.29. The minimum absolute atomic E-state index is 0.283. The molecule has 0 aromatic carbocycles. The summed E-state index contributed by atoms with van der Waals surface area (Å²) < 4.78 is 5.14. The molecule has 0 saturated heterocycles. The van der Waals surface area contributed by atoms with Gasteiger partial charge in [0, 0.05) is 0 Å². The largest absolute Gasteiger partial charge is 0.481 e. The Hall–Kier alpha value is -1.55. The molecule has 2 N–H and O–H groups in total. The normalized spacial score (nSPS) is 29.9. The van der Waals surface area contributed by atoms with Crippen LogP contribution in [0.3, 0.4) is 0 Å². The Morgan fingerprint density at radius 2 is 2.31 bits per heavy atom. The maximum absolute atomic E-state index is 11.2. The van der Waals surface area contributed by atoms with Gasteiger partial charge in [0.2, 0.25) is 0 Å². The third kappa shape index (κ3) is 1.65. The standard InChI is InChI=1S/C12H14O4/c1-8(5-10-3-2-4-16-10)12(11(14)15)6-9(13)7-12/h2-5,9,13H,6-7H2,1H3,(H,14,15)/b8-5+. The molecule has 16 heavy (non-hydrogen) atoms. The molecule has 2 rings (SSSR count). The van der Waals surface area contributed by atoms with E-state index in [4.69, 9.17) is 4.42 Å². The number of carboxylic acid groups (broad SMARTS) is 1. The Labute approximate surface area is 93.2 Å². The van der Waals surface area contributed by atoms with Crippen molar-refractivity contribution in [1.29, 1.82) is 0 Å². The van der Waals surface area contributed by atoms with Gasteiger partial charge in [-0.05, 0) is 38.0 Å². The highest BCUT2D eigenvalue weighted by Crippen LogP contribution is 2.47. The van der Waals surface area contributed by atoms with Crippen LogP contribution in [0, 0.1) is 5.41 Å². The first-order chi connectivity index (χ1) is 7.54. The summed E-state index contributed by atoms with van der Waals surface area (Å²) in [6.07, 6.45) is 3.33. The lowest BCUT2D eigenvalue weighted by Crippen LogP contribution is -2.47. The lowest BCUT2D eigenvalue weighted by Gasteiger charge is -2.42. The fourth-order valence-electron chi connectivity index (χ4n) is 2.13. The highest BCUT2D eigenvalue weighted by molar-refractivity contribution is 5.81. The van der Waals surface area contributed by atoms with Gasteiger partial charge < -0.3 is 14.6 Å². The second kappa shape index (κ2) is 3.79. The first kappa shape index (κ1) is 11.0. The third-order valence-corrected chi connectivity index (χ3v) is 3.23. The SMILES string of the molecule is C/C(=C\c1ccco1)C1(C(=O)O)CC(O)C1. The van der Waals surface area contributed by atoms with E-state index >= 15 is 0 Å². The van der Waals surface area contributed by atoms with Crippen LogP contribution in [0.4, 0.5) is 0 Å². The lowest BCUT2D eigenvalue weighted by atomic mass is 9.62. The highest BCUT2D eigenvalue weighted by atomic mass is 16.4. The van der Waals surface area contributed by atoms with Gasteiger partial charge in [-0.25, -0.2) is 0 Å². The number of hydrogen-bond donors (Lipinski definition) is 2. The van der Waals surface area contributed by atoms with E-state index in [1.54, 1.807) is 31.4 Å². The number of aliphatic carboxylic acids is 1. The summed E-state index contributed by atoms with van der Waals surface area (Å²) in [5, 5.41) is 18.5. The molecule has 1 aromatic heterocycles. The van der Waals surface area contributed by atoms with Crippen LogP contribution < -0.4 is 0 Å². The predicted octanol–water partition coefficient (Wildman–Crippen LogP) is 1.91. The smallest absolute Gasteiger partial charge is 0.313 e. The fourth-order valence-corrected chi connectivity index (χ4v) is 2.13. The number of aliphatic hydroxyl groups excluding tert-OH is 1. The molecule has 0 aliphatic heterocycles. The van der Waals surface area contributed by atoms with Crippen LogP contribution in [0.15, 0.2) is 28.4 Å². The molecule has 1 fully saturated rings. The van der Waals surface area contributed by atoms with Crippen LogP contribution in [0.5, 0.6) is 0 Å². The van der Waals surface area contributed by atoms with Crippen molar-refractivity contribution in [2.45, 2.75) is 25.9 Å². The summed E-state index contributed by atoms with van der Waals surface area (Å²) >= 11 is 0. The zero-order chi connectivity index (χ0) is 11.8. The zero-order valence-electron chi connectivity index (χ0n) is 9.01. The molecule has 0 bridgehead atoms. The molecule has 1 saturated carbocycles. The van der Waals surface area contributed by atoms with E-state index in [1.807, 2.05) is 0 Å². The van der Waals surface area contributed by atoms with Crippen molar-refractivity contribution >= 4 is 12.0 Å². The van der Waals surface area contributed by atoms with E-state index < -0.39 is 17.5 Å². The van der Waals surface area contributed by atoms with Gasteiger partial charge in [0.05, 0.1) is 17.8 Å². The van der Waals surface area contributed by atoms with Crippen molar-refractivity contribution in [2.24, 2.45) is 5.41 Å². The first-order valence-electron chi connectivity index (χ1n) is 5.18. The van der Waals surface area contributed by atoms with Crippen LogP contribution in [-0.2, 0) is 4.79 Å². The summed E-state index contributed by atoms with van der Waals surface area (Å²) in [4.78, 5) is 11.2. The number of furan rings is 1. The molecule has 0 atom stereocenters. The lowest BCUT2D eigenvalue weighted by molar-refractivity contribution is -0.158. The number of carbonyl (C=O) groups is 1. The Morgan fingerprint density at radius 1 is 1.62 bits per heavy atom. The van der Waals surface area contributed by atoms with Crippen molar-refractivity contribution in [3.05, 3.63) is 29.7 Å². The molecule has 1 aliphatic rings. The van der Waals surface area contributed by atoms with E-state index in [2.05, 4.69) is 0 Å². The molecule has 0 unspecified atom stereocenters. The van der Waals surface area contributed by atoms with E-state index in [0.29, 0.717) is 5.76 Å². The zero-order valence-corrected chi connectivity index (χ0v) is 9.01. The van der Waals surface area contributed by atoms with Crippen LogP contribution in [0.2, 0.25) is 0 Å². The van der Waals surface area contributed by atoms with Crippen molar-refractivity contribution in [2.75, 3.05) is 0 Å². The molecule has 86 valence electrons. The van der Waals surface area contributed by atoms with E-state index in [0.717, 1.165) is 5.57 Å². The molecular weight excluding hydrogens is 208 g/mol. The van der Waals surface area contributed by atoms with Gasteiger partial charge in [0.15, 0.2) is 0 Å². The Balaban J connectivity index is 2.25. The summed E-state index contributed by atoms with van der Waals surface area (Å²) in [6, 6.07) is 3.52. The molecule has 0 radical (unpaired) electrons. The number of aliphatic hydroxyl groups is 1. The molecule has 0 spiro atoms. The van der Waals surface area contributed by atoms with Crippen molar-refractivity contribution in [1.82, 2.24) is 0 Å². The second-order valence-electron chi connectivity index (χ2n) is 4.29. The summed E-state index contributed by atoms with van der Waals surface area (Å²) in [6.45, 7) is 1.77. The number of carboxylic acids is 1. The van der Waals surface area contributed by atoms with Crippen LogP contribution >= 0.6 is 0 Å². The van der Waals surface area contributed by atoms with Crippen molar-refractivity contribution in [3.63, 3.8) is 0 Å². The van der Waals surface area contributed by atoms with E-state index in [-0.39, 0.29) is 12.8 Å². The molecule has 1 heterocycles. The Bertz CT molecular complexity index is 410. The van der Waals surface area contributed by atoms with Gasteiger partial charge in [-0.2, -0.15) is 0 Å². The summed E-state index contributed by atoms with van der Waals surface area (Å²) in [5.74, 6) is -0.238. The topological polar surface area (TPSA) is 70.7 Å². The fraction of sp³-hybridized carbons (Fsp3) is 0.417. The number of rotatable bonds is 3. The molecule has 4 nitrogen and oxygen atoms in total. The quantitative estimate of drug-likeness (QED) is 0.819. The Morgan fingerprint density at radius 3 is 2.75 bits per heavy atom. The van der Waals surface area contributed by atoms with Gasteiger partial charge in [-0.1, -0.05) is 5.57 Å². The predicted molar refractivity (Wildman–Crippen MR) is 57.7 cm³/mol. The highest BCUT2D eigenvalue weighted by Gasteiger charge is 2.51. The van der Waals surface area contributed by atoms with Gasteiger partial charge >= 0.3 is 5.97 Å². The first-order valence-corrected chi connectivity index (χ1v) is 5.18. The maximum atomic E-state index is 11.2. The van der Waals surface area contributed by atoms with E-state index in [1.165, 1.54) is 0 Å². The molecule has 1 aliphatic carbocycles.